The van der Waals surface area contributed by atoms with E-state index in [-0.39, 0.29) is 22.2 Å². The van der Waals surface area contributed by atoms with Gasteiger partial charge in [0.1, 0.15) is 5.75 Å². The van der Waals surface area contributed by atoms with Crippen LogP contribution in [0.4, 0.5) is 0 Å². The van der Waals surface area contributed by atoms with Crippen molar-refractivity contribution in [3.63, 3.8) is 0 Å². The summed E-state index contributed by atoms with van der Waals surface area (Å²) in [6.45, 7) is 1.02. The number of nitrogens with one attached hydrogen (secondary N) is 1. The highest BCUT2D eigenvalue weighted by molar-refractivity contribution is 7.89. The topological polar surface area (TPSA) is 116 Å². The van der Waals surface area contributed by atoms with Gasteiger partial charge in [0.15, 0.2) is 6.61 Å². The Bertz CT molecular complexity index is 1320. The summed E-state index contributed by atoms with van der Waals surface area (Å²) >= 11 is 6.35. The summed E-state index contributed by atoms with van der Waals surface area (Å²) in [6.07, 6.45) is 0. The molecule has 0 heterocycles. The molecule has 0 radical (unpaired) electrons. The van der Waals surface area contributed by atoms with Crippen LogP contribution in [-0.2, 0) is 21.4 Å². The van der Waals surface area contributed by atoms with Gasteiger partial charge in [0, 0.05) is 17.1 Å². The van der Waals surface area contributed by atoms with E-state index in [1.807, 2.05) is 6.07 Å². The average molecular weight is 471 g/mol. The van der Waals surface area contributed by atoms with Crippen molar-refractivity contribution >= 4 is 27.6 Å². The molecule has 9 heteroatoms. The maximum absolute atomic E-state index is 12.7. The number of aryl methyl sites for hydroxylation is 1. The van der Waals surface area contributed by atoms with Gasteiger partial charge in [0.05, 0.1) is 16.5 Å². The fourth-order valence-electron chi connectivity index (χ4n) is 3.08. The predicted molar refractivity (Wildman–Crippen MR) is 120 cm³/mol. The molecular formula is C23H19ClN2O5S. The van der Waals surface area contributed by atoms with Crippen molar-refractivity contribution in [3.05, 3.63) is 82.4 Å². The minimum atomic E-state index is -3.79. The maximum atomic E-state index is 12.7. The lowest BCUT2D eigenvalue weighted by atomic mass is 10.00. The zero-order valence-electron chi connectivity index (χ0n) is 17.0. The number of hydrogen-bond donors (Lipinski definition) is 2. The number of carbonyl (C=O) groups is 1. The SMILES string of the molecule is Cc1ccccc1S(=O)(=O)NCc1cc(-c2cccc(C#N)c2)c(OCC(=O)O)cc1Cl. The molecule has 3 aromatic rings. The van der Waals surface area contributed by atoms with Crippen molar-refractivity contribution in [1.29, 1.82) is 5.26 Å². The van der Waals surface area contributed by atoms with E-state index in [4.69, 9.17) is 21.4 Å². The molecule has 7 nitrogen and oxygen atoms in total. The molecule has 0 aliphatic carbocycles. The molecule has 0 aliphatic rings. The number of rotatable bonds is 8. The van der Waals surface area contributed by atoms with Crippen molar-refractivity contribution in [2.45, 2.75) is 18.4 Å². The smallest absolute Gasteiger partial charge is 0.341 e. The fraction of sp³-hybridized carbons (Fsp3) is 0.130. The third kappa shape index (κ3) is 5.45. The van der Waals surface area contributed by atoms with Gasteiger partial charge < -0.3 is 9.84 Å². The van der Waals surface area contributed by atoms with Crippen LogP contribution in [0.25, 0.3) is 11.1 Å². The molecule has 164 valence electrons. The van der Waals surface area contributed by atoms with Crippen molar-refractivity contribution in [1.82, 2.24) is 4.72 Å². The van der Waals surface area contributed by atoms with Gasteiger partial charge in [0.25, 0.3) is 0 Å². The normalized spacial score (nSPS) is 11.0. The number of aliphatic carboxylic acids is 1. The summed E-state index contributed by atoms with van der Waals surface area (Å²) < 4.78 is 33.4. The Morgan fingerprint density at radius 3 is 2.59 bits per heavy atom. The van der Waals surface area contributed by atoms with Crippen LogP contribution >= 0.6 is 11.6 Å². The van der Waals surface area contributed by atoms with Gasteiger partial charge in [-0.2, -0.15) is 5.26 Å². The Kier molecular flexibility index (Phi) is 7.15. The molecule has 0 aromatic heterocycles. The summed E-state index contributed by atoms with van der Waals surface area (Å²) in [5.74, 6) is -0.953. The predicted octanol–water partition coefficient (Wildman–Crippen LogP) is 4.13. The number of benzene rings is 3. The molecule has 0 bridgehead atoms. The first kappa shape index (κ1) is 23.3. The number of nitriles is 1. The lowest BCUT2D eigenvalue weighted by Crippen LogP contribution is -2.24. The van der Waals surface area contributed by atoms with Gasteiger partial charge in [-0.05, 0) is 53.9 Å². The first-order chi connectivity index (χ1) is 15.2. The number of nitrogens with zero attached hydrogens (tertiary/aromatic N) is 1. The Morgan fingerprint density at radius 1 is 1.16 bits per heavy atom. The van der Waals surface area contributed by atoms with Gasteiger partial charge in [-0.1, -0.05) is 41.9 Å². The molecule has 0 amide bonds. The number of halogens is 1. The number of ether oxygens (including phenoxy) is 1. The highest BCUT2D eigenvalue weighted by Gasteiger charge is 2.18. The summed E-state index contributed by atoms with van der Waals surface area (Å²) in [7, 11) is -3.79. The largest absolute Gasteiger partial charge is 0.481 e. The molecule has 0 saturated heterocycles. The Labute approximate surface area is 190 Å². The highest BCUT2D eigenvalue weighted by Crippen LogP contribution is 2.35. The third-order valence-electron chi connectivity index (χ3n) is 4.64. The number of hydrogen-bond acceptors (Lipinski definition) is 5. The van der Waals surface area contributed by atoms with Crippen LogP contribution in [0.1, 0.15) is 16.7 Å². The molecule has 0 atom stereocenters. The molecule has 32 heavy (non-hydrogen) atoms. The summed E-state index contributed by atoms with van der Waals surface area (Å²) in [5, 5.41) is 18.4. The third-order valence-corrected chi connectivity index (χ3v) is 6.55. The Hall–Kier alpha value is -3.38. The minimum Gasteiger partial charge on any atom is -0.481 e. The van der Waals surface area contributed by atoms with Crippen LogP contribution < -0.4 is 9.46 Å². The molecule has 0 unspecified atom stereocenters. The van der Waals surface area contributed by atoms with Crippen molar-refractivity contribution in [3.8, 4) is 22.9 Å². The van der Waals surface area contributed by atoms with Crippen LogP contribution in [0.15, 0.2) is 65.6 Å². The zero-order chi connectivity index (χ0) is 23.3. The van der Waals surface area contributed by atoms with Crippen LogP contribution in [0, 0.1) is 18.3 Å². The molecule has 3 aromatic carbocycles. The maximum Gasteiger partial charge on any atom is 0.341 e. The Morgan fingerprint density at radius 2 is 1.91 bits per heavy atom. The standard InChI is InChI=1S/C23H19ClN2O5S/c1-15-5-2-3-8-22(15)32(29,30)26-13-18-10-19(17-7-4-6-16(9-17)12-25)21(11-20(18)24)31-14-23(27)28/h2-11,26H,13-14H2,1H3,(H,27,28). The minimum absolute atomic E-state index is 0.0976. The lowest BCUT2D eigenvalue weighted by Gasteiger charge is -2.15. The van der Waals surface area contributed by atoms with E-state index in [0.717, 1.165) is 0 Å². The average Bonchev–Trinajstić information content (AvgIpc) is 2.77. The van der Waals surface area contributed by atoms with Gasteiger partial charge in [0.2, 0.25) is 10.0 Å². The number of sulfonamides is 1. The summed E-state index contributed by atoms with van der Waals surface area (Å²) in [5.41, 5.74) is 2.56. The van der Waals surface area contributed by atoms with E-state index in [1.165, 1.54) is 12.1 Å². The Balaban J connectivity index is 1.99. The van der Waals surface area contributed by atoms with Crippen LogP contribution in [0.5, 0.6) is 5.75 Å². The first-order valence-corrected chi connectivity index (χ1v) is 11.3. The van der Waals surface area contributed by atoms with Crippen molar-refractivity contribution in [2.24, 2.45) is 0 Å². The molecule has 3 rings (SSSR count). The molecular weight excluding hydrogens is 452 g/mol. The van der Waals surface area contributed by atoms with E-state index in [0.29, 0.717) is 27.8 Å². The summed E-state index contributed by atoms with van der Waals surface area (Å²) in [6, 6.07) is 18.4. The molecule has 0 spiro atoms. The van der Waals surface area contributed by atoms with E-state index < -0.39 is 22.6 Å². The van der Waals surface area contributed by atoms with Crippen LogP contribution in [-0.4, -0.2) is 26.1 Å². The van der Waals surface area contributed by atoms with Crippen LogP contribution in [0.3, 0.4) is 0 Å². The quantitative estimate of drug-likeness (QED) is 0.511. The van der Waals surface area contributed by atoms with Gasteiger partial charge in [-0.3, -0.25) is 0 Å². The fourth-order valence-corrected chi connectivity index (χ4v) is 4.56. The second-order valence-corrected chi connectivity index (χ2v) is 9.05. The molecule has 0 aliphatic heterocycles. The molecule has 2 N–H and O–H groups in total. The lowest BCUT2D eigenvalue weighted by molar-refractivity contribution is -0.139. The highest BCUT2D eigenvalue weighted by atomic mass is 35.5. The van der Waals surface area contributed by atoms with Crippen molar-refractivity contribution in [2.75, 3.05) is 6.61 Å². The van der Waals surface area contributed by atoms with Gasteiger partial charge >= 0.3 is 5.97 Å². The molecule has 0 fully saturated rings. The van der Waals surface area contributed by atoms with Gasteiger partial charge in [-0.15, -0.1) is 0 Å². The first-order valence-electron chi connectivity index (χ1n) is 9.44. The monoisotopic (exact) mass is 470 g/mol. The zero-order valence-corrected chi connectivity index (χ0v) is 18.6. The number of carboxylic acid groups (broad SMARTS) is 1. The number of carboxylic acids is 1. The van der Waals surface area contributed by atoms with Crippen molar-refractivity contribution < 1.29 is 23.1 Å². The molecule has 0 saturated carbocycles. The van der Waals surface area contributed by atoms with Gasteiger partial charge in [-0.25, -0.2) is 17.9 Å². The van der Waals surface area contributed by atoms with Crippen LogP contribution in [0.2, 0.25) is 5.02 Å². The van der Waals surface area contributed by atoms with E-state index >= 15 is 0 Å². The second kappa shape index (κ2) is 9.83. The second-order valence-electron chi connectivity index (χ2n) is 6.90. The van der Waals surface area contributed by atoms with E-state index in [9.17, 15) is 18.5 Å². The van der Waals surface area contributed by atoms with E-state index in [2.05, 4.69) is 4.72 Å². The van der Waals surface area contributed by atoms with E-state index in [1.54, 1.807) is 55.5 Å². The summed E-state index contributed by atoms with van der Waals surface area (Å²) in [4.78, 5) is 11.1.